The van der Waals surface area contributed by atoms with Gasteiger partial charge in [-0.15, -0.1) is 0 Å². The van der Waals surface area contributed by atoms with Crippen LogP contribution in [0.4, 0.5) is 0 Å². The van der Waals surface area contributed by atoms with E-state index in [4.69, 9.17) is 14.2 Å². The average Bonchev–Trinajstić information content (AvgIpc) is 3.39. The molecule has 0 aliphatic rings. The van der Waals surface area contributed by atoms with Gasteiger partial charge in [0.15, 0.2) is 6.10 Å². The molecule has 0 N–H and O–H groups in total. The molecule has 1 unspecified atom stereocenters. The lowest BCUT2D eigenvalue weighted by molar-refractivity contribution is -0.167. The Morgan fingerprint density at radius 1 is 0.288 bits per heavy atom. The summed E-state index contributed by atoms with van der Waals surface area (Å²) in [7, 11) is 0. The number of unbranched alkanes of at least 4 members (excludes halogenated alkanes) is 34. The van der Waals surface area contributed by atoms with Gasteiger partial charge in [0.2, 0.25) is 0 Å². The molecule has 0 heterocycles. The van der Waals surface area contributed by atoms with Crippen molar-refractivity contribution in [2.75, 3.05) is 13.2 Å². The molecule has 0 amide bonds. The summed E-state index contributed by atoms with van der Waals surface area (Å²) in [6, 6.07) is 0. The molecule has 0 aliphatic heterocycles. The van der Waals surface area contributed by atoms with Gasteiger partial charge in [0.25, 0.3) is 0 Å². The number of ether oxygens (including phenoxy) is 3. The van der Waals surface area contributed by atoms with Crippen LogP contribution in [0.2, 0.25) is 0 Å². The normalized spacial score (nSPS) is 12.5. The second-order valence-corrected chi connectivity index (χ2v) is 21.0. The SMILES string of the molecule is CC/C=C\C/C=C\C/C=C\C/C=C\C/C=C\C/C=C\CCCCCCCCCCCCCCCCCCC(=O)OCC(COC(=O)CCCCCCCCCCCC)OC(=O)CCCCCCCCCCCC. The zero-order valence-electron chi connectivity index (χ0n) is 48.4. The van der Waals surface area contributed by atoms with Crippen LogP contribution in [0.15, 0.2) is 72.9 Å². The Kier molecular flexibility index (Phi) is 58.7. The van der Waals surface area contributed by atoms with E-state index in [1.54, 1.807) is 0 Å². The van der Waals surface area contributed by atoms with E-state index in [9.17, 15) is 14.4 Å². The summed E-state index contributed by atoms with van der Waals surface area (Å²) < 4.78 is 16.8. The third-order valence-corrected chi connectivity index (χ3v) is 13.7. The first-order valence-electron chi connectivity index (χ1n) is 31.4. The monoisotopic (exact) mass is 1020 g/mol. The minimum atomic E-state index is -0.767. The Morgan fingerprint density at radius 2 is 0.534 bits per heavy atom. The molecular formula is C67H118O6. The molecule has 73 heavy (non-hydrogen) atoms. The highest BCUT2D eigenvalue weighted by Crippen LogP contribution is 2.17. The third-order valence-electron chi connectivity index (χ3n) is 13.7. The summed E-state index contributed by atoms with van der Waals surface area (Å²) in [4.78, 5) is 38.0. The van der Waals surface area contributed by atoms with Gasteiger partial charge in [-0.2, -0.15) is 0 Å². The van der Waals surface area contributed by atoms with Gasteiger partial charge in [-0.1, -0.05) is 299 Å². The van der Waals surface area contributed by atoms with Crippen molar-refractivity contribution >= 4 is 17.9 Å². The number of allylic oxidation sites excluding steroid dienone is 12. The minimum Gasteiger partial charge on any atom is -0.462 e. The fourth-order valence-corrected chi connectivity index (χ4v) is 9.04. The Bertz CT molecular complexity index is 1360. The Hall–Kier alpha value is -3.15. The molecule has 0 rings (SSSR count). The highest BCUT2D eigenvalue weighted by Gasteiger charge is 2.19. The van der Waals surface area contributed by atoms with Crippen LogP contribution < -0.4 is 0 Å². The first-order valence-corrected chi connectivity index (χ1v) is 31.4. The van der Waals surface area contributed by atoms with Gasteiger partial charge in [-0.3, -0.25) is 14.4 Å². The topological polar surface area (TPSA) is 78.9 Å². The lowest BCUT2D eigenvalue weighted by atomic mass is 10.0. The van der Waals surface area contributed by atoms with E-state index in [0.717, 1.165) is 96.3 Å². The molecule has 0 radical (unpaired) electrons. The van der Waals surface area contributed by atoms with Crippen molar-refractivity contribution in [3.63, 3.8) is 0 Å². The van der Waals surface area contributed by atoms with Crippen molar-refractivity contribution < 1.29 is 28.6 Å². The van der Waals surface area contributed by atoms with Crippen molar-refractivity contribution in [3.05, 3.63) is 72.9 Å². The fraction of sp³-hybridized carbons (Fsp3) is 0.776. The summed E-state index contributed by atoms with van der Waals surface area (Å²) in [6.45, 7) is 6.53. The maximum Gasteiger partial charge on any atom is 0.306 e. The average molecular weight is 1020 g/mol. The molecule has 0 aromatic heterocycles. The van der Waals surface area contributed by atoms with Gasteiger partial charge in [0, 0.05) is 19.3 Å². The molecule has 0 aromatic rings. The van der Waals surface area contributed by atoms with Crippen LogP contribution in [0.1, 0.15) is 316 Å². The van der Waals surface area contributed by atoms with Crippen LogP contribution in [0, 0.1) is 0 Å². The van der Waals surface area contributed by atoms with Crippen molar-refractivity contribution in [1.29, 1.82) is 0 Å². The van der Waals surface area contributed by atoms with Gasteiger partial charge >= 0.3 is 17.9 Å². The van der Waals surface area contributed by atoms with Gasteiger partial charge in [-0.05, 0) is 70.6 Å². The van der Waals surface area contributed by atoms with E-state index in [0.29, 0.717) is 19.3 Å². The van der Waals surface area contributed by atoms with Gasteiger partial charge in [0.05, 0.1) is 0 Å². The van der Waals surface area contributed by atoms with Crippen molar-refractivity contribution in [2.45, 2.75) is 322 Å². The molecule has 0 saturated carbocycles. The van der Waals surface area contributed by atoms with Crippen LogP contribution in [-0.4, -0.2) is 37.2 Å². The number of hydrogen-bond acceptors (Lipinski definition) is 6. The first kappa shape index (κ1) is 69.8. The Morgan fingerprint density at radius 3 is 0.836 bits per heavy atom. The van der Waals surface area contributed by atoms with E-state index in [1.807, 2.05) is 0 Å². The summed E-state index contributed by atoms with van der Waals surface area (Å²) in [5.74, 6) is -0.858. The van der Waals surface area contributed by atoms with Crippen molar-refractivity contribution in [1.82, 2.24) is 0 Å². The standard InChI is InChI=1S/C67H118O6/c1-4-7-10-13-16-19-22-23-24-25-26-27-28-29-30-31-32-33-34-35-36-37-38-39-40-41-42-43-44-45-46-49-51-54-57-60-66(69)72-63-64(73-67(70)61-58-55-52-48-21-18-15-12-9-6-3)62-71-65(68)59-56-53-50-47-20-17-14-11-8-5-2/h7,10,16,19,23-24,26-27,29-30,32-33,64H,4-6,8-9,11-15,17-18,20-22,25,28,31,34-63H2,1-3H3/b10-7-,19-16-,24-23-,27-26-,30-29-,33-32-. The first-order chi connectivity index (χ1) is 36.0. The van der Waals surface area contributed by atoms with Crippen LogP contribution in [0.3, 0.4) is 0 Å². The smallest absolute Gasteiger partial charge is 0.306 e. The third kappa shape index (κ3) is 59.6. The minimum absolute atomic E-state index is 0.0685. The molecule has 422 valence electrons. The quantitative estimate of drug-likeness (QED) is 0.0261. The van der Waals surface area contributed by atoms with E-state index in [-0.39, 0.29) is 31.1 Å². The summed E-state index contributed by atoms with van der Waals surface area (Å²) >= 11 is 0. The maximum absolute atomic E-state index is 12.8. The van der Waals surface area contributed by atoms with E-state index in [2.05, 4.69) is 93.7 Å². The lowest BCUT2D eigenvalue weighted by Crippen LogP contribution is -2.30. The molecule has 1 atom stereocenters. The zero-order chi connectivity index (χ0) is 52.9. The number of carbonyl (C=O) groups excluding carboxylic acids is 3. The van der Waals surface area contributed by atoms with E-state index in [1.165, 1.54) is 180 Å². The maximum atomic E-state index is 12.8. The second kappa shape index (κ2) is 61.4. The van der Waals surface area contributed by atoms with Crippen LogP contribution in [0.5, 0.6) is 0 Å². The van der Waals surface area contributed by atoms with Crippen LogP contribution >= 0.6 is 0 Å². The molecule has 6 heteroatoms. The van der Waals surface area contributed by atoms with E-state index >= 15 is 0 Å². The van der Waals surface area contributed by atoms with Gasteiger partial charge in [-0.25, -0.2) is 0 Å². The zero-order valence-corrected chi connectivity index (χ0v) is 48.4. The van der Waals surface area contributed by atoms with Gasteiger partial charge in [0.1, 0.15) is 13.2 Å². The van der Waals surface area contributed by atoms with Crippen molar-refractivity contribution in [2.24, 2.45) is 0 Å². The molecule has 0 saturated heterocycles. The number of esters is 3. The van der Waals surface area contributed by atoms with Crippen LogP contribution in [0.25, 0.3) is 0 Å². The predicted octanol–water partition coefficient (Wildman–Crippen LogP) is 21.3. The second-order valence-electron chi connectivity index (χ2n) is 21.0. The van der Waals surface area contributed by atoms with Crippen molar-refractivity contribution in [3.8, 4) is 0 Å². The summed E-state index contributed by atoms with van der Waals surface area (Å²) in [5.41, 5.74) is 0. The summed E-state index contributed by atoms with van der Waals surface area (Å²) in [5, 5.41) is 0. The lowest BCUT2D eigenvalue weighted by Gasteiger charge is -2.18. The molecule has 0 bridgehead atoms. The van der Waals surface area contributed by atoms with Crippen LogP contribution in [-0.2, 0) is 28.6 Å². The number of hydrogen-bond donors (Lipinski definition) is 0. The largest absolute Gasteiger partial charge is 0.462 e. The predicted molar refractivity (Wildman–Crippen MR) is 316 cm³/mol. The molecule has 0 aliphatic carbocycles. The Labute approximate surface area is 453 Å². The fourth-order valence-electron chi connectivity index (χ4n) is 9.04. The van der Waals surface area contributed by atoms with E-state index < -0.39 is 6.10 Å². The molecular weight excluding hydrogens is 901 g/mol. The highest BCUT2D eigenvalue weighted by atomic mass is 16.6. The molecule has 0 spiro atoms. The number of carbonyl (C=O) groups is 3. The molecule has 6 nitrogen and oxygen atoms in total. The number of rotatable bonds is 57. The molecule has 0 aromatic carbocycles. The Balaban J connectivity index is 3.98. The molecule has 0 fully saturated rings. The highest BCUT2D eigenvalue weighted by molar-refractivity contribution is 5.71. The summed E-state index contributed by atoms with van der Waals surface area (Å²) in [6.07, 6.45) is 79.4. The van der Waals surface area contributed by atoms with Gasteiger partial charge < -0.3 is 14.2 Å².